The molecule has 0 heterocycles. The first-order chi connectivity index (χ1) is 14.9. The third-order valence-electron chi connectivity index (χ3n) is 11.8. The van der Waals surface area contributed by atoms with Gasteiger partial charge in [0, 0.05) is 32.0 Å². The molecule has 0 saturated heterocycles. The van der Waals surface area contributed by atoms with Crippen molar-refractivity contribution in [3.63, 3.8) is 0 Å². The summed E-state index contributed by atoms with van der Waals surface area (Å²) in [5.41, 5.74) is 4.03. The molecule has 1 N–H and O–H groups in total. The minimum absolute atomic E-state index is 0. The Balaban J connectivity index is 0.00000306. The fourth-order valence-corrected chi connectivity index (χ4v) is 10.0. The maximum atomic E-state index is 11.4. The summed E-state index contributed by atoms with van der Waals surface area (Å²) >= 11 is 0. The summed E-state index contributed by atoms with van der Waals surface area (Å²) in [6.45, 7) is 25.0. The van der Waals surface area contributed by atoms with Crippen molar-refractivity contribution < 1.29 is 29.3 Å². The zero-order valence-electron chi connectivity index (χ0n) is 21.4. The van der Waals surface area contributed by atoms with Gasteiger partial charge in [-0.15, -0.1) is 12.3 Å². The molecule has 1 radical (unpaired) electrons. The van der Waals surface area contributed by atoms with Gasteiger partial charge in [0.1, 0.15) is 0 Å². The van der Waals surface area contributed by atoms with E-state index in [0.29, 0.717) is 18.4 Å². The summed E-state index contributed by atoms with van der Waals surface area (Å²) in [6, 6.07) is 0. The molecule has 2 nitrogen and oxygen atoms in total. The number of hydrogen-bond acceptors (Lipinski definition) is 2. The number of ether oxygens (including phenoxy) is 1. The van der Waals surface area contributed by atoms with Crippen LogP contribution in [0.4, 0.5) is 0 Å². The van der Waals surface area contributed by atoms with Gasteiger partial charge in [-0.2, -0.15) is 0 Å². The molecule has 0 spiro atoms. The number of hydrogen-bond donors (Lipinski definition) is 1. The van der Waals surface area contributed by atoms with Crippen molar-refractivity contribution in [2.24, 2.45) is 38.9 Å². The molecule has 3 heteroatoms. The van der Waals surface area contributed by atoms with E-state index < -0.39 is 5.60 Å². The molecule has 0 amide bonds. The standard InChI is InChI=1S/C30H45O2.Rh/c1-9-13-30-19-16-26(6)23(22(3)4)11-15-29(26,10-2)24(30)12-14-25(5)20-28(31,21-32-8)18-17-27(25,30)7;/h10,13,23-24,31H,1-4,11-12,14-21H2,5-8H3;/q-1;/t23-,24+,25-,26-,27+,28-,29+,30+;/m1./s1. The molecule has 0 aromatic carbocycles. The van der Waals surface area contributed by atoms with Crippen molar-refractivity contribution in [1.29, 1.82) is 0 Å². The molecule has 0 aromatic heterocycles. The van der Waals surface area contributed by atoms with Gasteiger partial charge >= 0.3 is 0 Å². The van der Waals surface area contributed by atoms with Gasteiger partial charge in [-0.3, -0.25) is 0 Å². The van der Waals surface area contributed by atoms with Crippen molar-refractivity contribution in [2.75, 3.05) is 13.7 Å². The number of methoxy groups -OCH3 is 1. The van der Waals surface area contributed by atoms with Gasteiger partial charge in [-0.25, -0.2) is 19.1 Å². The Labute approximate surface area is 215 Å². The first-order valence-corrected chi connectivity index (χ1v) is 12.7. The Morgan fingerprint density at radius 2 is 1.79 bits per heavy atom. The summed E-state index contributed by atoms with van der Waals surface area (Å²) < 4.78 is 5.45. The molecule has 4 fully saturated rings. The Kier molecular flexibility index (Phi) is 6.97. The molecule has 4 rings (SSSR count). The minimum Gasteiger partial charge on any atom is -0.387 e. The van der Waals surface area contributed by atoms with Crippen LogP contribution in [0.1, 0.15) is 78.6 Å². The first kappa shape index (κ1) is 27.0. The third kappa shape index (κ3) is 3.25. The monoisotopic (exact) mass is 540 g/mol. The Bertz CT molecular complexity index is 859. The summed E-state index contributed by atoms with van der Waals surface area (Å²) in [4.78, 5) is 0. The molecular weight excluding hydrogens is 495 g/mol. The predicted molar refractivity (Wildman–Crippen MR) is 133 cm³/mol. The van der Waals surface area contributed by atoms with Crippen molar-refractivity contribution in [3.05, 3.63) is 50.1 Å². The Morgan fingerprint density at radius 3 is 2.36 bits per heavy atom. The van der Waals surface area contributed by atoms with Crippen LogP contribution < -0.4 is 0 Å². The van der Waals surface area contributed by atoms with Gasteiger partial charge in [0.25, 0.3) is 0 Å². The summed E-state index contributed by atoms with van der Waals surface area (Å²) in [7, 11) is 1.70. The second-order valence-corrected chi connectivity index (χ2v) is 12.6. The van der Waals surface area contributed by atoms with Crippen LogP contribution in [0.3, 0.4) is 0 Å². The Morgan fingerprint density at radius 1 is 1.09 bits per heavy atom. The van der Waals surface area contributed by atoms with E-state index in [0.717, 1.165) is 56.9 Å². The Hall–Kier alpha value is -0.587. The summed E-state index contributed by atoms with van der Waals surface area (Å²) in [5.74, 6) is 0.974. The predicted octanol–water partition coefficient (Wildman–Crippen LogP) is 7.07. The summed E-state index contributed by atoms with van der Waals surface area (Å²) in [6.07, 6.45) is 14.2. The van der Waals surface area contributed by atoms with Crippen molar-refractivity contribution in [2.45, 2.75) is 84.2 Å². The molecule has 187 valence electrons. The van der Waals surface area contributed by atoms with E-state index in [1.54, 1.807) is 7.11 Å². The van der Waals surface area contributed by atoms with Crippen molar-refractivity contribution >= 4 is 0 Å². The molecule has 0 aliphatic heterocycles. The van der Waals surface area contributed by atoms with Gasteiger partial charge in [0.2, 0.25) is 0 Å². The second kappa shape index (κ2) is 8.52. The topological polar surface area (TPSA) is 29.5 Å². The fourth-order valence-electron chi connectivity index (χ4n) is 10.0. The molecule has 4 aliphatic carbocycles. The first-order valence-electron chi connectivity index (χ1n) is 12.7. The van der Waals surface area contributed by atoms with E-state index in [-0.39, 0.29) is 46.6 Å². The molecule has 33 heavy (non-hydrogen) atoms. The van der Waals surface area contributed by atoms with E-state index >= 15 is 0 Å². The van der Waals surface area contributed by atoms with Crippen LogP contribution in [0.25, 0.3) is 0 Å². The van der Waals surface area contributed by atoms with Crippen LogP contribution in [0.2, 0.25) is 0 Å². The van der Waals surface area contributed by atoms with Crippen LogP contribution in [0.15, 0.2) is 43.2 Å². The maximum Gasteiger partial charge on any atom is 0.0885 e. The van der Waals surface area contributed by atoms with Crippen LogP contribution in [0, 0.1) is 45.8 Å². The zero-order chi connectivity index (χ0) is 23.6. The molecule has 8 atom stereocenters. The third-order valence-corrected chi connectivity index (χ3v) is 11.8. The van der Waals surface area contributed by atoms with E-state index in [1.807, 2.05) is 0 Å². The van der Waals surface area contributed by atoms with Crippen molar-refractivity contribution in [1.82, 2.24) is 0 Å². The van der Waals surface area contributed by atoms with Gasteiger partial charge in [-0.1, -0.05) is 33.4 Å². The van der Waals surface area contributed by atoms with E-state index in [2.05, 4.69) is 65.3 Å². The minimum atomic E-state index is -0.724. The van der Waals surface area contributed by atoms with Crippen LogP contribution in [-0.2, 0) is 24.2 Å². The number of allylic oxidation sites excluding steroid dienone is 3. The van der Waals surface area contributed by atoms with Gasteiger partial charge in [0.15, 0.2) is 0 Å². The number of aliphatic hydroxyl groups is 1. The normalized spacial score (nSPS) is 50.6. The van der Waals surface area contributed by atoms with Crippen LogP contribution in [-0.4, -0.2) is 24.4 Å². The molecule has 0 unspecified atom stereocenters. The zero-order valence-corrected chi connectivity index (χ0v) is 23.0. The number of rotatable bonds is 5. The average molecular weight is 541 g/mol. The van der Waals surface area contributed by atoms with E-state index in [1.165, 1.54) is 6.42 Å². The SMILES string of the molecule is C=C=C[C@]12CC[C@]3(C)[C@@H](C(=C)[CH2-])CC[C@@]3(C=C)[C@@H]1CC[C@]1(C)C[C@@](O)(COC)CC[C@@]12C.[Rh]. The van der Waals surface area contributed by atoms with Gasteiger partial charge in [-0.05, 0) is 97.4 Å². The van der Waals surface area contributed by atoms with E-state index in [4.69, 9.17) is 4.74 Å². The molecule has 4 aliphatic rings. The molecule has 0 bridgehead atoms. The smallest absolute Gasteiger partial charge is 0.0885 e. The van der Waals surface area contributed by atoms with Crippen LogP contribution >= 0.6 is 0 Å². The molecule has 0 aromatic rings. The van der Waals surface area contributed by atoms with E-state index in [9.17, 15) is 5.11 Å². The van der Waals surface area contributed by atoms with Crippen LogP contribution in [0.5, 0.6) is 0 Å². The van der Waals surface area contributed by atoms with Gasteiger partial charge < -0.3 is 9.84 Å². The van der Waals surface area contributed by atoms with Gasteiger partial charge in [0.05, 0.1) is 12.2 Å². The average Bonchev–Trinajstić information content (AvgIpc) is 3.03. The molecular formula is C30H45O2Rh-. The van der Waals surface area contributed by atoms with Crippen molar-refractivity contribution in [3.8, 4) is 0 Å². The fraction of sp³-hybridized carbons (Fsp3) is 0.733. The second-order valence-electron chi connectivity index (χ2n) is 12.6. The molecule has 4 saturated carbocycles. The number of fused-ring (bicyclic) bond motifs is 5. The summed E-state index contributed by atoms with van der Waals surface area (Å²) in [5, 5.41) is 11.4. The maximum absolute atomic E-state index is 11.4. The largest absolute Gasteiger partial charge is 0.387 e. The quantitative estimate of drug-likeness (QED) is 0.175.